The minimum absolute atomic E-state index is 0.225. The number of nitrogens with one attached hydrogen (secondary N) is 1. The van der Waals surface area contributed by atoms with Crippen LogP contribution in [0.1, 0.15) is 23.2 Å². The second-order valence-electron chi connectivity index (χ2n) is 5.91. The van der Waals surface area contributed by atoms with Crippen molar-refractivity contribution in [1.29, 1.82) is 5.26 Å². The van der Waals surface area contributed by atoms with Crippen LogP contribution in [0.5, 0.6) is 0 Å². The first kappa shape index (κ1) is 14.7. The predicted octanol–water partition coefficient (Wildman–Crippen LogP) is 2.92. The first-order chi connectivity index (χ1) is 11.6. The summed E-state index contributed by atoms with van der Waals surface area (Å²) in [6, 6.07) is 4.77. The molecule has 24 heavy (non-hydrogen) atoms. The molecule has 1 aromatic carbocycles. The van der Waals surface area contributed by atoms with Gasteiger partial charge in [0.1, 0.15) is 11.4 Å². The summed E-state index contributed by atoms with van der Waals surface area (Å²) in [5.41, 5.74) is 1.44. The van der Waals surface area contributed by atoms with Gasteiger partial charge < -0.3 is 14.8 Å². The molecule has 6 heteroatoms. The fourth-order valence-corrected chi connectivity index (χ4v) is 3.57. The van der Waals surface area contributed by atoms with E-state index in [1.165, 1.54) is 12.1 Å². The maximum absolute atomic E-state index is 14.3. The molecular formula is C18H13FN2O3. The van der Waals surface area contributed by atoms with Crippen LogP contribution in [0.2, 0.25) is 0 Å². The third-order valence-corrected chi connectivity index (χ3v) is 4.65. The van der Waals surface area contributed by atoms with Crippen molar-refractivity contribution >= 4 is 16.9 Å². The van der Waals surface area contributed by atoms with Crippen molar-refractivity contribution in [3.63, 3.8) is 0 Å². The lowest BCUT2D eigenvalue weighted by Crippen LogP contribution is -2.40. The number of nitriles is 1. The van der Waals surface area contributed by atoms with E-state index < -0.39 is 17.4 Å². The van der Waals surface area contributed by atoms with E-state index in [-0.39, 0.29) is 11.9 Å². The number of benzene rings is 1. The number of aromatic amines is 1. The van der Waals surface area contributed by atoms with Crippen LogP contribution in [-0.4, -0.2) is 22.7 Å². The third kappa shape index (κ3) is 1.85. The molecule has 4 rings (SSSR count). The summed E-state index contributed by atoms with van der Waals surface area (Å²) >= 11 is 0. The molecule has 1 aliphatic carbocycles. The molecule has 5 nitrogen and oxygen atoms in total. The molecule has 0 radical (unpaired) electrons. The summed E-state index contributed by atoms with van der Waals surface area (Å²) in [6.07, 6.45) is 5.62. The van der Waals surface area contributed by atoms with Gasteiger partial charge in [-0.2, -0.15) is 5.26 Å². The summed E-state index contributed by atoms with van der Waals surface area (Å²) in [4.78, 5) is 14.5. The van der Waals surface area contributed by atoms with Crippen LogP contribution in [0.15, 0.2) is 35.9 Å². The molecular weight excluding hydrogens is 311 g/mol. The maximum Gasteiger partial charge on any atom is 0.307 e. The predicted molar refractivity (Wildman–Crippen MR) is 83.8 cm³/mol. The molecule has 0 saturated heterocycles. The quantitative estimate of drug-likeness (QED) is 0.909. The summed E-state index contributed by atoms with van der Waals surface area (Å²) in [6.45, 7) is 0.305. The number of aromatic nitrogens is 1. The Hall–Kier alpha value is -2.91. The monoisotopic (exact) mass is 324 g/mol. The second-order valence-corrected chi connectivity index (χ2v) is 5.91. The molecule has 1 unspecified atom stereocenters. The Morgan fingerprint density at radius 2 is 2.29 bits per heavy atom. The van der Waals surface area contributed by atoms with E-state index in [1.807, 2.05) is 0 Å². The highest BCUT2D eigenvalue weighted by atomic mass is 19.1. The van der Waals surface area contributed by atoms with Crippen LogP contribution in [0, 0.1) is 17.1 Å². The number of ether oxygens (including phenoxy) is 1. The van der Waals surface area contributed by atoms with Gasteiger partial charge in [-0.25, -0.2) is 4.39 Å². The van der Waals surface area contributed by atoms with E-state index in [0.717, 1.165) is 11.1 Å². The Morgan fingerprint density at radius 3 is 2.92 bits per heavy atom. The fraction of sp³-hybridized carbons (Fsp3) is 0.222. The number of hydrogen-bond donors (Lipinski definition) is 2. The summed E-state index contributed by atoms with van der Waals surface area (Å²) < 4.78 is 20.2. The van der Waals surface area contributed by atoms with Crippen molar-refractivity contribution in [3.05, 3.63) is 58.6 Å². The van der Waals surface area contributed by atoms with Crippen molar-refractivity contribution in [2.45, 2.75) is 18.4 Å². The first-order valence-corrected chi connectivity index (χ1v) is 7.55. The largest absolute Gasteiger partial charge is 0.481 e. The fourth-order valence-electron chi connectivity index (χ4n) is 3.57. The van der Waals surface area contributed by atoms with E-state index in [9.17, 15) is 19.6 Å². The molecule has 2 N–H and O–H groups in total. The topological polar surface area (TPSA) is 86.1 Å². The lowest BCUT2D eigenvalue weighted by atomic mass is 9.79. The van der Waals surface area contributed by atoms with Crippen LogP contribution in [0.4, 0.5) is 4.39 Å². The molecule has 2 aromatic rings. The molecule has 120 valence electrons. The van der Waals surface area contributed by atoms with Crippen molar-refractivity contribution in [2.24, 2.45) is 0 Å². The number of fused-ring (bicyclic) bond motifs is 3. The Morgan fingerprint density at radius 1 is 1.50 bits per heavy atom. The van der Waals surface area contributed by atoms with Crippen LogP contribution < -0.4 is 0 Å². The summed E-state index contributed by atoms with van der Waals surface area (Å²) in [7, 11) is 0. The highest BCUT2D eigenvalue weighted by Gasteiger charge is 2.45. The smallest absolute Gasteiger partial charge is 0.307 e. The van der Waals surface area contributed by atoms with E-state index in [0.29, 0.717) is 29.7 Å². The van der Waals surface area contributed by atoms with Gasteiger partial charge in [-0.05, 0) is 29.7 Å². The van der Waals surface area contributed by atoms with E-state index >= 15 is 0 Å². The Balaban J connectivity index is 2.04. The zero-order valence-corrected chi connectivity index (χ0v) is 12.6. The molecule has 0 amide bonds. The van der Waals surface area contributed by atoms with E-state index in [1.54, 1.807) is 18.2 Å². The number of hydrogen-bond acceptors (Lipinski definition) is 3. The van der Waals surface area contributed by atoms with Gasteiger partial charge >= 0.3 is 5.97 Å². The number of nitrogens with zero attached hydrogens (tertiary/aromatic N) is 1. The van der Waals surface area contributed by atoms with E-state index in [4.69, 9.17) is 4.74 Å². The van der Waals surface area contributed by atoms with Crippen LogP contribution in [0.3, 0.4) is 0 Å². The molecule has 0 saturated carbocycles. The van der Waals surface area contributed by atoms with Crippen molar-refractivity contribution in [3.8, 4) is 6.07 Å². The number of rotatable bonds is 3. The minimum atomic E-state index is -1.17. The van der Waals surface area contributed by atoms with Gasteiger partial charge in [0.15, 0.2) is 0 Å². The average Bonchev–Trinajstić information content (AvgIpc) is 2.88. The highest BCUT2D eigenvalue weighted by Crippen LogP contribution is 2.46. The zero-order chi connectivity index (χ0) is 16.9. The number of allylic oxidation sites excluding steroid dienone is 2. The number of carboxylic acid groups (broad SMARTS) is 1. The Kier molecular flexibility index (Phi) is 3.08. The number of aliphatic carboxylic acids is 1. The second kappa shape index (κ2) is 5.05. The van der Waals surface area contributed by atoms with Gasteiger partial charge in [0.05, 0.1) is 35.9 Å². The van der Waals surface area contributed by atoms with Crippen LogP contribution >= 0.6 is 0 Å². The molecule has 0 fully saturated rings. The van der Waals surface area contributed by atoms with Crippen LogP contribution in [0.25, 0.3) is 10.9 Å². The number of carboxylic acids is 1. The third-order valence-electron chi connectivity index (χ3n) is 4.65. The molecule has 2 aliphatic rings. The highest BCUT2D eigenvalue weighted by molar-refractivity contribution is 5.91. The molecule has 1 atom stereocenters. The molecule has 0 spiro atoms. The lowest BCUT2D eigenvalue weighted by molar-refractivity contribution is -0.145. The first-order valence-electron chi connectivity index (χ1n) is 7.55. The molecule has 0 bridgehead atoms. The Bertz CT molecular complexity index is 980. The van der Waals surface area contributed by atoms with Gasteiger partial charge in [0, 0.05) is 5.39 Å². The van der Waals surface area contributed by atoms with Gasteiger partial charge in [0.2, 0.25) is 0 Å². The standard InChI is InChI=1S/C18H13FN2O3/c19-13-5-4-10(9-20)15-12-6-7-24-18(8-14(22)23,11-2-1-3-11)17(12)21-16(13)15/h1-5,21H,6-8H2,(H,22,23). The van der Waals surface area contributed by atoms with Crippen molar-refractivity contribution < 1.29 is 19.0 Å². The van der Waals surface area contributed by atoms with Crippen LogP contribution in [-0.2, 0) is 21.6 Å². The van der Waals surface area contributed by atoms with Gasteiger partial charge in [-0.15, -0.1) is 0 Å². The normalized spacial score (nSPS) is 21.8. The van der Waals surface area contributed by atoms with Crippen molar-refractivity contribution in [1.82, 2.24) is 4.98 Å². The summed E-state index contributed by atoms with van der Waals surface area (Å²) in [5.74, 6) is -1.48. The molecule has 2 heterocycles. The van der Waals surface area contributed by atoms with Gasteiger partial charge in [0.25, 0.3) is 0 Å². The van der Waals surface area contributed by atoms with E-state index in [2.05, 4.69) is 11.1 Å². The number of H-pyrrole nitrogens is 1. The number of halogens is 1. The Labute approximate surface area is 136 Å². The maximum atomic E-state index is 14.3. The average molecular weight is 324 g/mol. The number of carbonyl (C=O) groups is 1. The zero-order valence-electron chi connectivity index (χ0n) is 12.6. The SMILES string of the molecule is N#Cc1ccc(F)c2[nH]c3c(c12)CCOC3(CC(=O)O)C1=CC=C1. The molecule has 1 aromatic heterocycles. The molecule has 1 aliphatic heterocycles. The summed E-state index contributed by atoms with van der Waals surface area (Å²) in [5, 5.41) is 19.3. The minimum Gasteiger partial charge on any atom is -0.481 e. The van der Waals surface area contributed by atoms with Crippen molar-refractivity contribution in [2.75, 3.05) is 6.61 Å². The van der Waals surface area contributed by atoms with Gasteiger partial charge in [-0.3, -0.25) is 4.79 Å². The van der Waals surface area contributed by atoms with Gasteiger partial charge in [-0.1, -0.05) is 18.2 Å². The lowest BCUT2D eigenvalue weighted by Gasteiger charge is -2.38.